The number of rotatable bonds is 6. The highest BCUT2D eigenvalue weighted by Crippen LogP contribution is 2.51. The number of likely N-dealkylation sites (tertiary alicyclic amines) is 1. The molecule has 7 nitrogen and oxygen atoms in total. The maximum absolute atomic E-state index is 13.1. The number of phenolic OH excluding ortho intramolecular Hbond substituents is 1. The van der Waals surface area contributed by atoms with Gasteiger partial charge in [-0.2, -0.15) is 4.90 Å². The SMILES string of the molecule is CC/C(=C\c1cc(Br)ccc1O)CC[C@H]1OC[C@H]2C1=C(C(C)C)C[C@H]1C(=O)N(C(=O)OC)C(=O)[C@H]12. The Hall–Kier alpha value is -2.45. The molecule has 188 valence electrons. The lowest BCUT2D eigenvalue weighted by Crippen LogP contribution is -2.38. The standard InChI is InChI=1S/C27H32BrNO6/c1-5-15(10-16-11-17(28)7-8-21(16)30)6-9-22-23-18(14(2)3)12-19-24(20(23)13-35-22)26(32)29(25(19)31)27(33)34-4/h7-8,10-11,14,19-20,22,24,30H,5-6,9,12-13H2,1-4H3/b15-10+/t19-,20+,22-,24-/m1/s1. The maximum Gasteiger partial charge on any atom is 0.423 e. The minimum atomic E-state index is -0.911. The van der Waals surface area contributed by atoms with Crippen molar-refractivity contribution in [2.45, 2.75) is 52.6 Å². The van der Waals surface area contributed by atoms with Crippen LogP contribution >= 0.6 is 15.9 Å². The fourth-order valence-electron chi connectivity index (χ4n) is 5.76. The van der Waals surface area contributed by atoms with Crippen molar-refractivity contribution < 1.29 is 29.0 Å². The summed E-state index contributed by atoms with van der Waals surface area (Å²) in [5.74, 6) is -1.82. The Kier molecular flexibility index (Phi) is 7.52. The lowest BCUT2D eigenvalue weighted by molar-refractivity contribution is -0.137. The van der Waals surface area contributed by atoms with Crippen LogP contribution in [-0.4, -0.2) is 47.7 Å². The highest BCUT2D eigenvalue weighted by atomic mass is 79.9. The highest BCUT2D eigenvalue weighted by molar-refractivity contribution is 9.10. The molecule has 2 saturated heterocycles. The Morgan fingerprint density at radius 1 is 1.29 bits per heavy atom. The quantitative estimate of drug-likeness (QED) is 0.376. The van der Waals surface area contributed by atoms with Gasteiger partial charge in [-0.05, 0) is 55.4 Å². The number of carbonyl (C=O) groups excluding carboxylic acids is 3. The third-order valence-corrected chi connectivity index (χ3v) is 8.02. The van der Waals surface area contributed by atoms with Crippen LogP contribution in [0.2, 0.25) is 0 Å². The van der Waals surface area contributed by atoms with Gasteiger partial charge in [0.15, 0.2) is 0 Å². The van der Waals surface area contributed by atoms with Gasteiger partial charge in [0.1, 0.15) is 5.75 Å². The summed E-state index contributed by atoms with van der Waals surface area (Å²) in [7, 11) is 1.18. The van der Waals surface area contributed by atoms with Crippen molar-refractivity contribution >= 4 is 39.9 Å². The van der Waals surface area contributed by atoms with Gasteiger partial charge in [0.05, 0.1) is 31.7 Å². The number of benzene rings is 1. The summed E-state index contributed by atoms with van der Waals surface area (Å²) in [6, 6.07) is 5.37. The van der Waals surface area contributed by atoms with Crippen LogP contribution in [0, 0.1) is 23.7 Å². The molecular weight excluding hydrogens is 514 g/mol. The highest BCUT2D eigenvalue weighted by Gasteiger charge is 2.59. The topological polar surface area (TPSA) is 93.1 Å². The van der Waals surface area contributed by atoms with Gasteiger partial charge in [-0.1, -0.05) is 53.9 Å². The molecule has 3 aliphatic rings. The number of amides is 3. The minimum Gasteiger partial charge on any atom is -0.507 e. The van der Waals surface area contributed by atoms with E-state index in [-0.39, 0.29) is 23.7 Å². The van der Waals surface area contributed by atoms with Gasteiger partial charge < -0.3 is 14.6 Å². The third kappa shape index (κ3) is 4.70. The molecule has 1 aromatic rings. The van der Waals surface area contributed by atoms with E-state index in [1.54, 1.807) is 12.1 Å². The molecule has 8 heteroatoms. The van der Waals surface area contributed by atoms with E-state index < -0.39 is 29.7 Å². The summed E-state index contributed by atoms with van der Waals surface area (Å²) in [5, 5.41) is 10.2. The summed E-state index contributed by atoms with van der Waals surface area (Å²) < 4.78 is 11.8. The van der Waals surface area contributed by atoms with Crippen LogP contribution in [-0.2, 0) is 19.1 Å². The van der Waals surface area contributed by atoms with Gasteiger partial charge in [0, 0.05) is 16.0 Å². The van der Waals surface area contributed by atoms with Crippen LogP contribution < -0.4 is 0 Å². The van der Waals surface area contributed by atoms with Crippen LogP contribution in [0.1, 0.15) is 52.0 Å². The maximum atomic E-state index is 13.1. The van der Waals surface area contributed by atoms with Crippen LogP contribution in [0.25, 0.3) is 6.08 Å². The van der Waals surface area contributed by atoms with Gasteiger partial charge in [0.2, 0.25) is 11.8 Å². The lowest BCUT2D eigenvalue weighted by atomic mass is 9.67. The number of fused-ring (bicyclic) bond motifs is 3. The predicted molar refractivity (Wildman–Crippen MR) is 134 cm³/mol. The first-order valence-corrected chi connectivity index (χ1v) is 12.9. The number of methoxy groups -OCH3 is 1. The van der Waals surface area contributed by atoms with Crippen molar-refractivity contribution in [2.24, 2.45) is 23.7 Å². The van der Waals surface area contributed by atoms with Crippen LogP contribution in [0.5, 0.6) is 5.75 Å². The smallest absolute Gasteiger partial charge is 0.423 e. The Labute approximate surface area is 214 Å². The number of ether oxygens (including phenoxy) is 2. The fourth-order valence-corrected chi connectivity index (χ4v) is 6.14. The van der Waals surface area contributed by atoms with Gasteiger partial charge in [-0.25, -0.2) is 4.79 Å². The number of carbonyl (C=O) groups is 3. The molecule has 4 rings (SSSR count). The van der Waals surface area contributed by atoms with Gasteiger partial charge in [-0.3, -0.25) is 9.59 Å². The van der Waals surface area contributed by atoms with Gasteiger partial charge in [0.25, 0.3) is 0 Å². The molecular formula is C27H32BrNO6. The molecule has 0 radical (unpaired) electrons. The van der Waals surface area contributed by atoms with Crippen molar-refractivity contribution in [1.29, 1.82) is 0 Å². The molecule has 1 aromatic carbocycles. The van der Waals surface area contributed by atoms with E-state index in [2.05, 4.69) is 36.7 Å². The first-order chi connectivity index (χ1) is 16.7. The Morgan fingerprint density at radius 3 is 2.69 bits per heavy atom. The molecule has 35 heavy (non-hydrogen) atoms. The minimum absolute atomic E-state index is 0.139. The number of hydrogen-bond acceptors (Lipinski definition) is 6. The van der Waals surface area contributed by atoms with Crippen LogP contribution in [0.3, 0.4) is 0 Å². The largest absolute Gasteiger partial charge is 0.507 e. The summed E-state index contributed by atoms with van der Waals surface area (Å²) in [6.45, 7) is 6.65. The second-order valence-corrected chi connectivity index (χ2v) is 10.7. The number of imide groups is 3. The van der Waals surface area contributed by atoms with E-state index in [9.17, 15) is 19.5 Å². The average Bonchev–Trinajstić information content (AvgIpc) is 3.36. The monoisotopic (exact) mass is 545 g/mol. The van der Waals surface area contributed by atoms with Gasteiger partial charge >= 0.3 is 6.09 Å². The molecule has 0 saturated carbocycles. The van der Waals surface area contributed by atoms with E-state index in [1.165, 1.54) is 18.3 Å². The molecule has 3 amide bonds. The first-order valence-electron chi connectivity index (χ1n) is 12.2. The molecule has 4 atom stereocenters. The number of phenols is 1. The zero-order valence-corrected chi connectivity index (χ0v) is 22.1. The molecule has 0 bridgehead atoms. The predicted octanol–water partition coefficient (Wildman–Crippen LogP) is 5.47. The van der Waals surface area contributed by atoms with Crippen LogP contribution in [0.15, 0.2) is 39.4 Å². The first kappa shape index (κ1) is 25.6. The second-order valence-electron chi connectivity index (χ2n) is 9.78. The van der Waals surface area contributed by atoms with Crippen molar-refractivity contribution in [3.8, 4) is 5.75 Å². The molecule has 0 unspecified atom stereocenters. The number of hydrogen-bond donors (Lipinski definition) is 1. The zero-order chi connectivity index (χ0) is 25.4. The van der Waals surface area contributed by atoms with E-state index in [0.29, 0.717) is 17.9 Å². The number of halogens is 1. The normalized spacial score (nSPS) is 26.5. The molecule has 0 aromatic heterocycles. The molecule has 2 heterocycles. The number of aromatic hydroxyl groups is 1. The molecule has 2 aliphatic heterocycles. The second kappa shape index (κ2) is 10.3. The van der Waals surface area contributed by atoms with E-state index in [4.69, 9.17) is 9.47 Å². The van der Waals surface area contributed by atoms with E-state index >= 15 is 0 Å². The third-order valence-electron chi connectivity index (χ3n) is 7.53. The summed E-state index contributed by atoms with van der Waals surface area (Å²) >= 11 is 3.46. The Morgan fingerprint density at radius 2 is 2.03 bits per heavy atom. The summed E-state index contributed by atoms with van der Waals surface area (Å²) in [5.41, 5.74) is 4.25. The van der Waals surface area contributed by atoms with Crippen molar-refractivity contribution in [3.05, 3.63) is 45.0 Å². The van der Waals surface area contributed by atoms with Crippen molar-refractivity contribution in [2.75, 3.05) is 13.7 Å². The number of nitrogens with zero attached hydrogens (tertiary/aromatic N) is 1. The lowest BCUT2D eigenvalue weighted by Gasteiger charge is -2.33. The Balaban J connectivity index is 1.58. The van der Waals surface area contributed by atoms with Crippen molar-refractivity contribution in [1.82, 2.24) is 4.90 Å². The summed E-state index contributed by atoms with van der Waals surface area (Å²) in [4.78, 5) is 39.0. The number of allylic oxidation sites excluding steroid dienone is 2. The van der Waals surface area contributed by atoms with E-state index in [0.717, 1.165) is 34.9 Å². The van der Waals surface area contributed by atoms with E-state index in [1.807, 2.05) is 12.1 Å². The fraction of sp³-hybridized carbons (Fsp3) is 0.519. The molecule has 0 spiro atoms. The molecule has 2 fully saturated rings. The molecule has 1 N–H and O–H groups in total. The van der Waals surface area contributed by atoms with Crippen LogP contribution in [0.4, 0.5) is 4.79 Å². The summed E-state index contributed by atoms with van der Waals surface area (Å²) in [6.07, 6.45) is 3.80. The van der Waals surface area contributed by atoms with Crippen molar-refractivity contribution in [3.63, 3.8) is 0 Å². The van der Waals surface area contributed by atoms with Gasteiger partial charge in [-0.15, -0.1) is 0 Å². The Bertz CT molecular complexity index is 1110. The molecule has 1 aliphatic carbocycles. The zero-order valence-electron chi connectivity index (χ0n) is 20.5. The average molecular weight is 546 g/mol.